The van der Waals surface area contributed by atoms with Crippen molar-refractivity contribution in [3.05, 3.63) is 71.3 Å². The van der Waals surface area contributed by atoms with Crippen LogP contribution in [-0.2, 0) is 9.53 Å². The van der Waals surface area contributed by atoms with Crippen molar-refractivity contribution in [2.75, 3.05) is 19.7 Å². The Balaban J connectivity index is 1.42. The molecular formula is C22H22N2O4. The number of carbonyl (C=O) groups is 3. The van der Waals surface area contributed by atoms with Crippen LogP contribution in [0.2, 0.25) is 0 Å². The Morgan fingerprint density at radius 3 is 2.25 bits per heavy atom. The molecular weight excluding hydrogens is 356 g/mol. The van der Waals surface area contributed by atoms with Crippen LogP contribution in [0.5, 0.6) is 0 Å². The van der Waals surface area contributed by atoms with E-state index in [0.717, 1.165) is 5.56 Å². The number of carbonyl (C=O) groups excluding carboxylic acids is 3. The molecule has 0 radical (unpaired) electrons. The molecule has 2 heterocycles. The number of hydrogen-bond acceptors (Lipinski definition) is 4. The minimum absolute atomic E-state index is 0.0757. The lowest BCUT2D eigenvalue weighted by Gasteiger charge is -2.39. The first-order valence-electron chi connectivity index (χ1n) is 9.49. The molecule has 4 rings (SSSR count). The van der Waals surface area contributed by atoms with Crippen LogP contribution >= 0.6 is 0 Å². The average molecular weight is 378 g/mol. The number of hydrogen-bond donors (Lipinski definition) is 0. The molecule has 1 fully saturated rings. The van der Waals surface area contributed by atoms with E-state index in [2.05, 4.69) is 0 Å². The number of benzene rings is 2. The van der Waals surface area contributed by atoms with Crippen molar-refractivity contribution in [1.29, 1.82) is 0 Å². The molecule has 2 aromatic rings. The zero-order valence-corrected chi connectivity index (χ0v) is 15.7. The van der Waals surface area contributed by atoms with E-state index in [1.165, 1.54) is 4.90 Å². The lowest BCUT2D eigenvalue weighted by atomic mass is 10.0. The number of nitrogens with zero attached hydrogens (tertiary/aromatic N) is 2. The Labute approximate surface area is 163 Å². The highest BCUT2D eigenvalue weighted by molar-refractivity contribution is 6.21. The topological polar surface area (TPSA) is 66.9 Å². The summed E-state index contributed by atoms with van der Waals surface area (Å²) < 4.78 is 5.90. The molecule has 0 saturated carbocycles. The Morgan fingerprint density at radius 1 is 1.00 bits per heavy atom. The van der Waals surface area contributed by atoms with Gasteiger partial charge in [0.2, 0.25) is 5.91 Å². The molecule has 28 heavy (non-hydrogen) atoms. The van der Waals surface area contributed by atoms with Crippen molar-refractivity contribution in [3.8, 4) is 0 Å². The van der Waals surface area contributed by atoms with Crippen molar-refractivity contribution in [3.63, 3.8) is 0 Å². The number of fused-ring (bicyclic) bond motifs is 1. The molecule has 0 bridgehead atoms. The summed E-state index contributed by atoms with van der Waals surface area (Å²) in [6.45, 7) is 3.02. The van der Waals surface area contributed by atoms with E-state index >= 15 is 0 Å². The number of rotatable bonds is 4. The smallest absolute Gasteiger partial charge is 0.261 e. The van der Waals surface area contributed by atoms with Crippen LogP contribution in [0.15, 0.2) is 54.6 Å². The third kappa shape index (κ3) is 3.20. The quantitative estimate of drug-likeness (QED) is 0.767. The van der Waals surface area contributed by atoms with Gasteiger partial charge in [0, 0.05) is 19.5 Å². The summed E-state index contributed by atoms with van der Waals surface area (Å²) in [5, 5.41) is 0. The largest absolute Gasteiger partial charge is 0.370 e. The van der Waals surface area contributed by atoms with E-state index in [-0.39, 0.29) is 42.8 Å². The molecule has 0 aliphatic carbocycles. The van der Waals surface area contributed by atoms with E-state index in [4.69, 9.17) is 4.74 Å². The third-order valence-corrected chi connectivity index (χ3v) is 5.44. The third-order valence-electron chi connectivity index (χ3n) is 5.44. The SMILES string of the molecule is C[C@H]1[C@@H](c2ccccc2)OCCN1C(=O)CCN1C(=O)c2ccccc2C1=O. The zero-order valence-electron chi connectivity index (χ0n) is 15.7. The van der Waals surface area contributed by atoms with Gasteiger partial charge in [-0.2, -0.15) is 0 Å². The predicted octanol–water partition coefficient (Wildman–Crippen LogP) is 2.66. The van der Waals surface area contributed by atoms with Gasteiger partial charge in [-0.05, 0) is 24.6 Å². The van der Waals surface area contributed by atoms with Crippen LogP contribution in [0.3, 0.4) is 0 Å². The molecule has 6 heteroatoms. The molecule has 2 aromatic carbocycles. The number of imide groups is 1. The highest BCUT2D eigenvalue weighted by atomic mass is 16.5. The van der Waals surface area contributed by atoms with Crippen molar-refractivity contribution >= 4 is 17.7 Å². The number of morpholine rings is 1. The first kappa shape index (κ1) is 18.4. The second kappa shape index (κ2) is 7.56. The fourth-order valence-corrected chi connectivity index (χ4v) is 3.95. The van der Waals surface area contributed by atoms with Crippen LogP contribution in [0.25, 0.3) is 0 Å². The van der Waals surface area contributed by atoms with Crippen LogP contribution in [-0.4, -0.2) is 53.3 Å². The monoisotopic (exact) mass is 378 g/mol. The molecule has 0 unspecified atom stereocenters. The molecule has 2 aliphatic rings. The minimum Gasteiger partial charge on any atom is -0.370 e. The van der Waals surface area contributed by atoms with Crippen molar-refractivity contribution < 1.29 is 19.1 Å². The van der Waals surface area contributed by atoms with Crippen LogP contribution in [0.4, 0.5) is 0 Å². The maximum Gasteiger partial charge on any atom is 0.261 e. The summed E-state index contributed by atoms with van der Waals surface area (Å²) in [4.78, 5) is 40.7. The molecule has 3 amide bonds. The summed E-state index contributed by atoms with van der Waals surface area (Å²) in [7, 11) is 0. The Hall–Kier alpha value is -2.99. The molecule has 0 N–H and O–H groups in total. The lowest BCUT2D eigenvalue weighted by molar-refractivity contribution is -0.145. The van der Waals surface area contributed by atoms with Gasteiger partial charge in [0.15, 0.2) is 0 Å². The van der Waals surface area contributed by atoms with Gasteiger partial charge >= 0.3 is 0 Å². The maximum atomic E-state index is 12.8. The van der Waals surface area contributed by atoms with E-state index in [1.807, 2.05) is 37.3 Å². The second-order valence-electron chi connectivity index (χ2n) is 7.09. The first-order valence-corrected chi connectivity index (χ1v) is 9.49. The normalized spacial score (nSPS) is 21.8. The van der Waals surface area contributed by atoms with Crippen molar-refractivity contribution in [2.24, 2.45) is 0 Å². The second-order valence-corrected chi connectivity index (χ2v) is 7.09. The van der Waals surface area contributed by atoms with Crippen LogP contribution < -0.4 is 0 Å². The van der Waals surface area contributed by atoms with Gasteiger partial charge in [0.1, 0.15) is 6.10 Å². The van der Waals surface area contributed by atoms with Crippen LogP contribution in [0.1, 0.15) is 45.7 Å². The van der Waals surface area contributed by atoms with Gasteiger partial charge in [-0.3, -0.25) is 19.3 Å². The van der Waals surface area contributed by atoms with Crippen molar-refractivity contribution in [1.82, 2.24) is 9.80 Å². The first-order chi connectivity index (χ1) is 13.6. The van der Waals surface area contributed by atoms with Crippen molar-refractivity contribution in [2.45, 2.75) is 25.5 Å². The Morgan fingerprint density at radius 2 is 1.61 bits per heavy atom. The Kier molecular flexibility index (Phi) is 4.96. The Bertz CT molecular complexity index is 877. The molecule has 1 saturated heterocycles. The van der Waals surface area contributed by atoms with Gasteiger partial charge in [-0.1, -0.05) is 42.5 Å². The summed E-state index contributed by atoms with van der Waals surface area (Å²) in [5.41, 5.74) is 1.85. The van der Waals surface area contributed by atoms with Gasteiger partial charge in [0.25, 0.3) is 11.8 Å². The highest BCUT2D eigenvalue weighted by Crippen LogP contribution is 2.29. The summed E-state index contributed by atoms with van der Waals surface area (Å²) in [5.74, 6) is -0.732. The maximum absolute atomic E-state index is 12.8. The predicted molar refractivity (Wildman–Crippen MR) is 103 cm³/mol. The molecule has 0 spiro atoms. The average Bonchev–Trinajstić information content (AvgIpc) is 2.97. The summed E-state index contributed by atoms with van der Waals surface area (Å²) in [6.07, 6.45) is -0.0738. The summed E-state index contributed by atoms with van der Waals surface area (Å²) in [6, 6.07) is 16.5. The van der Waals surface area contributed by atoms with Gasteiger partial charge in [-0.15, -0.1) is 0 Å². The molecule has 2 aliphatic heterocycles. The number of ether oxygens (including phenoxy) is 1. The lowest BCUT2D eigenvalue weighted by Crippen LogP contribution is -2.49. The van der Waals surface area contributed by atoms with Crippen LogP contribution in [0, 0.1) is 0 Å². The van der Waals surface area contributed by atoms with E-state index in [9.17, 15) is 14.4 Å². The molecule has 6 nitrogen and oxygen atoms in total. The molecule has 2 atom stereocenters. The fourth-order valence-electron chi connectivity index (χ4n) is 3.95. The molecule has 144 valence electrons. The standard InChI is InChI=1S/C22H22N2O4/c1-15-20(16-7-3-2-4-8-16)28-14-13-23(15)19(25)11-12-24-21(26)17-9-5-6-10-18(17)22(24)27/h2-10,15,20H,11-14H2,1H3/t15-,20-/m0/s1. The minimum atomic E-state index is -0.328. The van der Waals surface area contributed by atoms with E-state index in [1.54, 1.807) is 29.2 Å². The van der Waals surface area contributed by atoms with Gasteiger partial charge < -0.3 is 9.64 Å². The highest BCUT2D eigenvalue weighted by Gasteiger charge is 2.37. The molecule has 0 aromatic heterocycles. The summed E-state index contributed by atoms with van der Waals surface area (Å²) >= 11 is 0. The fraction of sp³-hybridized carbons (Fsp3) is 0.318. The van der Waals surface area contributed by atoms with E-state index in [0.29, 0.717) is 24.3 Å². The van der Waals surface area contributed by atoms with Gasteiger partial charge in [0.05, 0.1) is 23.8 Å². The zero-order chi connectivity index (χ0) is 19.7. The number of amides is 3. The van der Waals surface area contributed by atoms with E-state index < -0.39 is 0 Å². The van der Waals surface area contributed by atoms with Gasteiger partial charge in [-0.25, -0.2) is 0 Å².